The topological polar surface area (TPSA) is 117 Å². The zero-order chi connectivity index (χ0) is 18.4. The fraction of sp³-hybridized carbons (Fsp3) is 0.647. The molecule has 1 aliphatic rings. The lowest BCUT2D eigenvalue weighted by Crippen LogP contribution is -2.21. The highest BCUT2D eigenvalue weighted by molar-refractivity contribution is 5.91. The minimum atomic E-state index is -1.04. The fourth-order valence-electron chi connectivity index (χ4n) is 1.66. The van der Waals surface area contributed by atoms with Crippen molar-refractivity contribution in [1.82, 2.24) is 0 Å². The Morgan fingerprint density at radius 2 is 1.92 bits per heavy atom. The number of aliphatic carboxylic acids is 1. The Morgan fingerprint density at radius 3 is 2.46 bits per heavy atom. The van der Waals surface area contributed by atoms with E-state index in [1.165, 1.54) is 19.3 Å². The molecule has 0 aromatic rings. The Balaban J connectivity index is 0.000000470. The second-order valence-electron chi connectivity index (χ2n) is 5.29. The first-order valence-corrected chi connectivity index (χ1v) is 8.18. The van der Waals surface area contributed by atoms with Gasteiger partial charge in [0.25, 0.3) is 5.76 Å². The Kier molecular flexibility index (Phi) is 12.5. The van der Waals surface area contributed by atoms with E-state index in [2.05, 4.69) is 11.7 Å². The van der Waals surface area contributed by atoms with E-state index in [1.54, 1.807) is 19.1 Å². The van der Waals surface area contributed by atoms with Crippen molar-refractivity contribution in [3.8, 4) is 0 Å². The Labute approximate surface area is 142 Å². The Bertz CT molecular complexity index is 440. The van der Waals surface area contributed by atoms with Crippen molar-refractivity contribution >= 4 is 11.9 Å². The third-order valence-electron chi connectivity index (χ3n) is 3.01. The van der Waals surface area contributed by atoms with Crippen LogP contribution in [0, 0.1) is 0 Å². The van der Waals surface area contributed by atoms with Crippen LogP contribution in [0.15, 0.2) is 23.7 Å². The average Bonchev–Trinajstić information content (AvgIpc) is 3.32. The highest BCUT2D eigenvalue weighted by Gasteiger charge is 2.31. The molecule has 0 amide bonds. The molecular formula is C17H28O7. The summed E-state index contributed by atoms with van der Waals surface area (Å²) in [5.41, 5.74) is 0. The maximum Gasteiger partial charge on any atom is 0.378 e. The Hall–Kier alpha value is -1.86. The summed E-state index contributed by atoms with van der Waals surface area (Å²) in [6, 6.07) is 0. The summed E-state index contributed by atoms with van der Waals surface area (Å²) < 4.78 is 9.44. The van der Waals surface area contributed by atoms with Crippen molar-refractivity contribution in [3.05, 3.63) is 23.7 Å². The van der Waals surface area contributed by atoms with E-state index in [1.807, 2.05) is 0 Å². The molecule has 1 unspecified atom stereocenters. The summed E-state index contributed by atoms with van der Waals surface area (Å²) in [4.78, 5) is 21.1. The standard InChI is InChI=1S/C9H12O5.C8H16O2/c1-2-3-7-8(14-7)9(12)13-5-6(11)4-10;1-2-3-4-5-6-7-8(9)10/h2-3,6,10-11H,4-5H2,1H3;2-7H2,1H3,(H,9,10). The first kappa shape index (κ1) is 22.1. The summed E-state index contributed by atoms with van der Waals surface area (Å²) in [6.45, 7) is 3.28. The summed E-state index contributed by atoms with van der Waals surface area (Å²) >= 11 is 0. The van der Waals surface area contributed by atoms with E-state index >= 15 is 0 Å². The number of aliphatic hydroxyl groups is 2. The molecule has 0 fully saturated rings. The summed E-state index contributed by atoms with van der Waals surface area (Å²) in [5, 5.41) is 25.6. The first-order chi connectivity index (χ1) is 11.5. The van der Waals surface area contributed by atoms with Crippen LogP contribution in [-0.4, -0.2) is 46.6 Å². The maximum atomic E-state index is 11.1. The zero-order valence-corrected chi connectivity index (χ0v) is 14.4. The van der Waals surface area contributed by atoms with Crippen LogP contribution in [0.3, 0.4) is 0 Å². The van der Waals surface area contributed by atoms with Gasteiger partial charge in [0.1, 0.15) is 12.7 Å². The molecule has 1 heterocycles. The van der Waals surface area contributed by atoms with E-state index in [0.29, 0.717) is 12.2 Å². The monoisotopic (exact) mass is 344 g/mol. The predicted molar refractivity (Wildman–Crippen MR) is 88.0 cm³/mol. The molecule has 1 atom stereocenters. The lowest BCUT2D eigenvalue weighted by Gasteiger charge is -2.05. The smallest absolute Gasteiger partial charge is 0.378 e. The molecule has 3 N–H and O–H groups in total. The second kappa shape index (κ2) is 13.6. The molecule has 1 aliphatic heterocycles. The quantitative estimate of drug-likeness (QED) is 0.388. The summed E-state index contributed by atoms with van der Waals surface area (Å²) in [7, 11) is 0. The number of allylic oxidation sites excluding steroid dienone is 2. The van der Waals surface area contributed by atoms with Crippen LogP contribution >= 0.6 is 0 Å². The minimum absolute atomic E-state index is 0.160. The molecule has 0 bridgehead atoms. The van der Waals surface area contributed by atoms with Gasteiger partial charge in [-0.1, -0.05) is 38.7 Å². The van der Waals surface area contributed by atoms with Crippen LogP contribution in [0.2, 0.25) is 0 Å². The number of hydrogen-bond donors (Lipinski definition) is 3. The van der Waals surface area contributed by atoms with Crippen LogP contribution in [0.25, 0.3) is 0 Å². The van der Waals surface area contributed by atoms with Gasteiger partial charge >= 0.3 is 11.9 Å². The van der Waals surface area contributed by atoms with Crippen molar-refractivity contribution in [2.45, 2.75) is 58.5 Å². The van der Waals surface area contributed by atoms with E-state index in [0.717, 1.165) is 12.8 Å². The predicted octanol–water partition coefficient (Wildman–Crippen LogP) is 2.13. The van der Waals surface area contributed by atoms with E-state index in [9.17, 15) is 9.59 Å². The number of rotatable bonds is 11. The van der Waals surface area contributed by atoms with E-state index < -0.39 is 24.6 Å². The van der Waals surface area contributed by atoms with Crippen molar-refractivity contribution in [2.24, 2.45) is 0 Å². The molecule has 0 aromatic heterocycles. The number of ether oxygens (including phenoxy) is 2. The van der Waals surface area contributed by atoms with Gasteiger partial charge in [-0.05, 0) is 19.4 Å². The number of unbranched alkanes of at least 4 members (excludes halogenated alkanes) is 4. The number of aliphatic hydroxyl groups excluding tert-OH is 2. The highest BCUT2D eigenvalue weighted by Crippen LogP contribution is 2.28. The van der Waals surface area contributed by atoms with Gasteiger partial charge in [0.2, 0.25) is 0 Å². The molecule has 1 rings (SSSR count). The van der Waals surface area contributed by atoms with Gasteiger partial charge in [0, 0.05) is 6.42 Å². The van der Waals surface area contributed by atoms with Gasteiger partial charge in [0.15, 0.2) is 5.76 Å². The molecule has 24 heavy (non-hydrogen) atoms. The minimum Gasteiger partial charge on any atom is -0.481 e. The number of hydrogen-bond acceptors (Lipinski definition) is 6. The number of carboxylic acid groups (broad SMARTS) is 1. The molecule has 0 aromatic carbocycles. The van der Waals surface area contributed by atoms with Gasteiger partial charge in [-0.3, -0.25) is 4.79 Å². The molecular weight excluding hydrogens is 316 g/mol. The average molecular weight is 344 g/mol. The number of esters is 1. The van der Waals surface area contributed by atoms with Crippen molar-refractivity contribution < 1.29 is 34.4 Å². The lowest BCUT2D eigenvalue weighted by molar-refractivity contribution is -0.143. The normalized spacial score (nSPS) is 13.8. The maximum absolute atomic E-state index is 11.1. The molecule has 0 radical (unpaired) electrons. The fourth-order valence-corrected chi connectivity index (χ4v) is 1.66. The molecule has 7 heteroatoms. The number of carbonyl (C=O) groups is 2. The molecule has 0 spiro atoms. The lowest BCUT2D eigenvalue weighted by atomic mass is 10.1. The molecule has 0 saturated carbocycles. The highest BCUT2D eigenvalue weighted by atomic mass is 16.6. The summed E-state index contributed by atoms with van der Waals surface area (Å²) in [6.07, 6.45) is 8.22. The SMILES string of the molecule is CC=CC1=C(C(=O)OCC(O)CO)O1.CCCCCCCC(=O)O. The van der Waals surface area contributed by atoms with Crippen LogP contribution in [0.4, 0.5) is 0 Å². The van der Waals surface area contributed by atoms with E-state index in [4.69, 9.17) is 20.1 Å². The van der Waals surface area contributed by atoms with Crippen molar-refractivity contribution in [1.29, 1.82) is 0 Å². The molecule has 0 aliphatic carbocycles. The number of carbonyl (C=O) groups excluding carboxylic acids is 1. The van der Waals surface area contributed by atoms with Crippen LogP contribution in [-0.2, 0) is 19.1 Å². The van der Waals surface area contributed by atoms with Crippen LogP contribution in [0.5, 0.6) is 0 Å². The molecule has 0 saturated heterocycles. The second-order valence-corrected chi connectivity index (χ2v) is 5.29. The van der Waals surface area contributed by atoms with Crippen LogP contribution in [0.1, 0.15) is 52.4 Å². The third kappa shape index (κ3) is 11.7. The largest absolute Gasteiger partial charge is 0.481 e. The van der Waals surface area contributed by atoms with Gasteiger partial charge in [0.05, 0.1) is 6.61 Å². The van der Waals surface area contributed by atoms with Gasteiger partial charge in [-0.2, -0.15) is 0 Å². The zero-order valence-electron chi connectivity index (χ0n) is 14.4. The van der Waals surface area contributed by atoms with Gasteiger partial charge in [-0.15, -0.1) is 0 Å². The van der Waals surface area contributed by atoms with Gasteiger partial charge < -0.3 is 24.8 Å². The first-order valence-electron chi connectivity index (χ1n) is 8.18. The third-order valence-corrected chi connectivity index (χ3v) is 3.01. The van der Waals surface area contributed by atoms with Gasteiger partial charge in [-0.25, -0.2) is 4.79 Å². The molecule has 138 valence electrons. The molecule has 7 nitrogen and oxygen atoms in total. The van der Waals surface area contributed by atoms with Crippen molar-refractivity contribution in [3.63, 3.8) is 0 Å². The van der Waals surface area contributed by atoms with Crippen molar-refractivity contribution in [2.75, 3.05) is 13.2 Å². The van der Waals surface area contributed by atoms with Crippen LogP contribution < -0.4 is 0 Å². The summed E-state index contributed by atoms with van der Waals surface area (Å²) in [5.74, 6) is -0.647. The van der Waals surface area contributed by atoms with E-state index in [-0.39, 0.29) is 12.4 Å². The Morgan fingerprint density at radius 1 is 1.25 bits per heavy atom. The number of carboxylic acids is 1.